The fraction of sp³-hybridized carbons (Fsp3) is 0.0870. The van der Waals surface area contributed by atoms with Crippen molar-refractivity contribution in [1.29, 1.82) is 0 Å². The topological polar surface area (TPSA) is 60.7 Å². The maximum atomic E-state index is 13.1. The van der Waals surface area contributed by atoms with E-state index in [0.29, 0.717) is 38.1 Å². The number of hydrogen-bond donors (Lipinski definition) is 0. The number of ketones is 1. The Kier molecular flexibility index (Phi) is 5.57. The van der Waals surface area contributed by atoms with Gasteiger partial charge in [-0.3, -0.25) is 9.20 Å². The van der Waals surface area contributed by atoms with Crippen molar-refractivity contribution in [3.8, 4) is 11.3 Å². The van der Waals surface area contributed by atoms with Crippen LogP contribution in [-0.4, -0.2) is 27.7 Å². The molecular formula is C23H16Cl2N2O3. The van der Waals surface area contributed by atoms with Crippen molar-refractivity contribution >= 4 is 40.5 Å². The second kappa shape index (κ2) is 8.30. The van der Waals surface area contributed by atoms with E-state index in [9.17, 15) is 9.59 Å². The molecule has 30 heavy (non-hydrogen) atoms. The highest BCUT2D eigenvalue weighted by Gasteiger charge is 2.22. The standard InChI is InChI=1S/C23H16Cl2N2O3/c1-2-30-23(29)18-11-21(22(28)15-5-9-17(25)10-6-15)27-13-26-19(12-20(18)27)14-3-7-16(24)8-4-14/h3-13H,2H2,1H3. The lowest BCUT2D eigenvalue weighted by Gasteiger charge is -2.06. The van der Waals surface area contributed by atoms with Crippen LogP contribution >= 0.6 is 23.2 Å². The van der Waals surface area contributed by atoms with E-state index in [1.165, 1.54) is 12.4 Å². The molecule has 0 spiro atoms. The number of carbonyl (C=O) groups excluding carboxylic acids is 2. The Morgan fingerprint density at radius 1 is 0.967 bits per heavy atom. The summed E-state index contributed by atoms with van der Waals surface area (Å²) in [4.78, 5) is 30.1. The van der Waals surface area contributed by atoms with E-state index in [1.54, 1.807) is 53.8 Å². The Morgan fingerprint density at radius 2 is 1.60 bits per heavy atom. The van der Waals surface area contributed by atoms with E-state index in [2.05, 4.69) is 4.98 Å². The Hall–Kier alpha value is -3.15. The SMILES string of the molecule is CCOC(=O)c1cc(C(=O)c2ccc(Cl)cc2)n2cnc(-c3ccc(Cl)cc3)cc12. The first-order valence-corrected chi connectivity index (χ1v) is 9.98. The largest absolute Gasteiger partial charge is 0.462 e. The predicted octanol–water partition coefficient (Wildman–Crippen LogP) is 5.72. The summed E-state index contributed by atoms with van der Waals surface area (Å²) in [6.07, 6.45) is 1.53. The molecule has 0 unspecified atom stereocenters. The summed E-state index contributed by atoms with van der Waals surface area (Å²) < 4.78 is 6.79. The zero-order valence-electron chi connectivity index (χ0n) is 15.9. The molecule has 5 nitrogen and oxygen atoms in total. The lowest BCUT2D eigenvalue weighted by Crippen LogP contribution is -2.05. The lowest BCUT2D eigenvalue weighted by molar-refractivity contribution is 0.0529. The van der Waals surface area contributed by atoms with E-state index in [1.807, 2.05) is 12.1 Å². The Labute approximate surface area is 182 Å². The van der Waals surface area contributed by atoms with E-state index in [4.69, 9.17) is 27.9 Å². The third-order valence-electron chi connectivity index (χ3n) is 4.64. The lowest BCUT2D eigenvalue weighted by atomic mass is 10.1. The number of aromatic nitrogens is 2. The van der Waals surface area contributed by atoms with Gasteiger partial charge in [-0.2, -0.15) is 0 Å². The minimum absolute atomic E-state index is 0.228. The average Bonchev–Trinajstić information content (AvgIpc) is 3.13. The molecule has 0 saturated carbocycles. The highest BCUT2D eigenvalue weighted by atomic mass is 35.5. The average molecular weight is 439 g/mol. The van der Waals surface area contributed by atoms with Gasteiger partial charge in [0.1, 0.15) is 6.33 Å². The minimum atomic E-state index is -0.501. The van der Waals surface area contributed by atoms with Crippen LogP contribution in [0.15, 0.2) is 67.0 Å². The Balaban J connectivity index is 1.87. The molecule has 2 aromatic heterocycles. The normalized spacial score (nSPS) is 10.9. The quantitative estimate of drug-likeness (QED) is 0.295. The third kappa shape index (κ3) is 3.82. The molecule has 4 rings (SSSR count). The zero-order chi connectivity index (χ0) is 21.3. The van der Waals surface area contributed by atoms with Crippen LogP contribution in [0.25, 0.3) is 16.8 Å². The number of carbonyl (C=O) groups is 2. The zero-order valence-corrected chi connectivity index (χ0v) is 17.4. The molecule has 7 heteroatoms. The van der Waals surface area contributed by atoms with Crippen LogP contribution in [0.1, 0.15) is 33.3 Å². The molecule has 0 aliphatic carbocycles. The predicted molar refractivity (Wildman–Crippen MR) is 116 cm³/mol. The van der Waals surface area contributed by atoms with Gasteiger partial charge >= 0.3 is 5.97 Å². The van der Waals surface area contributed by atoms with Gasteiger partial charge in [0.05, 0.1) is 29.1 Å². The van der Waals surface area contributed by atoms with E-state index in [0.717, 1.165) is 5.56 Å². The van der Waals surface area contributed by atoms with Gasteiger partial charge < -0.3 is 4.74 Å². The van der Waals surface area contributed by atoms with Crippen LogP contribution < -0.4 is 0 Å². The number of nitrogens with zero attached hydrogens (tertiary/aromatic N) is 2. The van der Waals surface area contributed by atoms with Crippen LogP contribution in [0.4, 0.5) is 0 Å². The molecule has 0 N–H and O–H groups in total. The van der Waals surface area contributed by atoms with Crippen LogP contribution in [0.5, 0.6) is 0 Å². The van der Waals surface area contributed by atoms with Crippen LogP contribution in [0, 0.1) is 0 Å². The summed E-state index contributed by atoms with van der Waals surface area (Å²) in [5.74, 6) is -0.753. The summed E-state index contributed by atoms with van der Waals surface area (Å²) in [6.45, 7) is 1.96. The van der Waals surface area contributed by atoms with E-state index < -0.39 is 5.97 Å². The third-order valence-corrected chi connectivity index (χ3v) is 5.14. The number of fused-ring (bicyclic) bond motifs is 1. The number of halogens is 2. The minimum Gasteiger partial charge on any atom is -0.462 e. The molecule has 4 aromatic rings. The van der Waals surface area contributed by atoms with Crippen molar-refractivity contribution < 1.29 is 14.3 Å². The summed E-state index contributed by atoms with van der Waals surface area (Å²) in [5, 5.41) is 1.15. The van der Waals surface area contributed by atoms with Gasteiger partial charge in [-0.1, -0.05) is 35.3 Å². The van der Waals surface area contributed by atoms with E-state index in [-0.39, 0.29) is 12.4 Å². The molecule has 0 fully saturated rings. The molecule has 2 heterocycles. The van der Waals surface area contributed by atoms with Gasteiger partial charge in [0.15, 0.2) is 0 Å². The maximum absolute atomic E-state index is 13.1. The van der Waals surface area contributed by atoms with Crippen molar-refractivity contribution in [3.05, 3.63) is 93.9 Å². The second-order valence-corrected chi connectivity index (χ2v) is 7.41. The number of rotatable bonds is 5. The van der Waals surface area contributed by atoms with Crippen molar-refractivity contribution in [2.45, 2.75) is 6.92 Å². The first-order valence-electron chi connectivity index (χ1n) is 9.22. The molecule has 0 aliphatic rings. The fourth-order valence-electron chi connectivity index (χ4n) is 3.17. The first kappa shape index (κ1) is 20.1. The van der Waals surface area contributed by atoms with Gasteiger partial charge in [0.2, 0.25) is 5.78 Å². The summed E-state index contributed by atoms with van der Waals surface area (Å²) in [5.41, 5.74) is 3.08. The fourth-order valence-corrected chi connectivity index (χ4v) is 3.43. The summed E-state index contributed by atoms with van der Waals surface area (Å²) >= 11 is 11.9. The summed E-state index contributed by atoms with van der Waals surface area (Å²) in [7, 11) is 0. The monoisotopic (exact) mass is 438 g/mol. The van der Waals surface area contributed by atoms with Crippen LogP contribution in [0.2, 0.25) is 10.0 Å². The Bertz CT molecular complexity index is 1250. The van der Waals surface area contributed by atoms with Gasteiger partial charge in [-0.25, -0.2) is 9.78 Å². The van der Waals surface area contributed by atoms with Gasteiger partial charge in [-0.15, -0.1) is 0 Å². The highest BCUT2D eigenvalue weighted by molar-refractivity contribution is 6.31. The molecule has 0 aliphatic heterocycles. The van der Waals surface area contributed by atoms with Gasteiger partial charge in [-0.05, 0) is 55.5 Å². The Morgan fingerprint density at radius 3 is 2.23 bits per heavy atom. The molecule has 2 aromatic carbocycles. The summed E-state index contributed by atoms with van der Waals surface area (Å²) in [6, 6.07) is 17.1. The molecule has 0 bridgehead atoms. The van der Waals surface area contributed by atoms with Crippen molar-refractivity contribution in [2.75, 3.05) is 6.61 Å². The second-order valence-electron chi connectivity index (χ2n) is 6.54. The van der Waals surface area contributed by atoms with Crippen molar-refractivity contribution in [1.82, 2.24) is 9.38 Å². The molecule has 150 valence electrons. The molecule has 0 saturated heterocycles. The number of esters is 1. The first-order chi connectivity index (χ1) is 14.5. The number of ether oxygens (including phenoxy) is 1. The molecule has 0 amide bonds. The van der Waals surface area contributed by atoms with Crippen LogP contribution in [0.3, 0.4) is 0 Å². The smallest absolute Gasteiger partial charge is 0.340 e. The van der Waals surface area contributed by atoms with Crippen molar-refractivity contribution in [2.24, 2.45) is 0 Å². The highest BCUT2D eigenvalue weighted by Crippen LogP contribution is 2.26. The van der Waals surface area contributed by atoms with Crippen molar-refractivity contribution in [3.63, 3.8) is 0 Å². The molecular weight excluding hydrogens is 423 g/mol. The molecule has 0 radical (unpaired) electrons. The number of benzene rings is 2. The van der Waals surface area contributed by atoms with Gasteiger partial charge in [0, 0.05) is 21.2 Å². The van der Waals surface area contributed by atoms with E-state index >= 15 is 0 Å². The van der Waals surface area contributed by atoms with Crippen LogP contribution in [-0.2, 0) is 4.74 Å². The van der Waals surface area contributed by atoms with Gasteiger partial charge in [0.25, 0.3) is 0 Å². The maximum Gasteiger partial charge on any atom is 0.340 e. The number of hydrogen-bond acceptors (Lipinski definition) is 4. The molecule has 0 atom stereocenters.